The maximum Gasteiger partial charge on any atom is 0.270 e. The number of carbonyl (C=O) groups is 1. The summed E-state index contributed by atoms with van der Waals surface area (Å²) in [7, 11) is 3.93. The molecule has 0 spiro atoms. The van der Waals surface area contributed by atoms with Gasteiger partial charge in [-0.1, -0.05) is 12.1 Å². The number of amides is 1. The summed E-state index contributed by atoms with van der Waals surface area (Å²) in [6, 6.07) is 7.33. The fourth-order valence-corrected chi connectivity index (χ4v) is 3.13. The fraction of sp³-hybridized carbons (Fsp3) is 0.294. The van der Waals surface area contributed by atoms with Gasteiger partial charge in [0.15, 0.2) is 5.13 Å². The molecule has 0 unspecified atom stereocenters. The number of anilines is 1. The van der Waals surface area contributed by atoms with Crippen molar-refractivity contribution in [3.8, 4) is 0 Å². The van der Waals surface area contributed by atoms with Gasteiger partial charge >= 0.3 is 0 Å². The summed E-state index contributed by atoms with van der Waals surface area (Å²) in [6.45, 7) is 0.725. The Kier molecular flexibility index (Phi) is 5.20. The lowest BCUT2D eigenvalue weighted by Gasteiger charge is -2.05. The minimum absolute atomic E-state index is 0.178. The number of para-hydroxylation sites is 2. The standard InChI is InChI=1S/C17H19N5O2S/c1-22(2)9-11-10-25-17(18-11)21-15(23)8-7-14-16(24)20-13-6-4-3-5-12(13)19-14/h3-6,10H,7-9H2,1-2H3,(H,20,24)(H,18,21,23). The van der Waals surface area contributed by atoms with E-state index in [-0.39, 0.29) is 24.3 Å². The van der Waals surface area contributed by atoms with E-state index in [2.05, 4.69) is 20.3 Å². The molecule has 0 fully saturated rings. The first-order valence-electron chi connectivity index (χ1n) is 7.88. The number of fused-ring (bicyclic) bond motifs is 1. The highest BCUT2D eigenvalue weighted by atomic mass is 32.1. The molecule has 0 radical (unpaired) electrons. The van der Waals surface area contributed by atoms with Crippen LogP contribution in [0, 0.1) is 0 Å². The van der Waals surface area contributed by atoms with Crippen molar-refractivity contribution in [2.75, 3.05) is 19.4 Å². The number of rotatable bonds is 6. The van der Waals surface area contributed by atoms with Crippen molar-refractivity contribution in [1.82, 2.24) is 19.9 Å². The number of hydrogen-bond donors (Lipinski definition) is 2. The number of aryl methyl sites for hydroxylation is 1. The Hall–Kier alpha value is -2.58. The largest absolute Gasteiger partial charge is 0.319 e. The predicted molar refractivity (Wildman–Crippen MR) is 98.8 cm³/mol. The van der Waals surface area contributed by atoms with Gasteiger partial charge < -0.3 is 15.2 Å². The SMILES string of the molecule is CN(C)Cc1csc(NC(=O)CCc2nc3ccccc3[nH]c2=O)n1. The van der Waals surface area contributed by atoms with E-state index in [1.165, 1.54) is 11.3 Å². The molecule has 1 aromatic carbocycles. The Morgan fingerprint density at radius 3 is 2.88 bits per heavy atom. The van der Waals surface area contributed by atoms with Crippen molar-refractivity contribution < 1.29 is 4.79 Å². The number of benzene rings is 1. The van der Waals surface area contributed by atoms with E-state index in [4.69, 9.17) is 0 Å². The van der Waals surface area contributed by atoms with Crippen LogP contribution in [-0.2, 0) is 17.8 Å². The molecule has 25 heavy (non-hydrogen) atoms. The van der Waals surface area contributed by atoms with Crippen LogP contribution < -0.4 is 10.9 Å². The molecule has 0 saturated heterocycles. The lowest BCUT2D eigenvalue weighted by Crippen LogP contribution is -2.19. The molecule has 3 aromatic rings. The quantitative estimate of drug-likeness (QED) is 0.704. The third-order valence-corrected chi connectivity index (χ3v) is 4.34. The Morgan fingerprint density at radius 1 is 1.28 bits per heavy atom. The first kappa shape index (κ1) is 17.2. The highest BCUT2D eigenvalue weighted by molar-refractivity contribution is 7.13. The molecule has 130 valence electrons. The topological polar surface area (TPSA) is 91.0 Å². The Morgan fingerprint density at radius 2 is 2.08 bits per heavy atom. The average molecular weight is 357 g/mol. The van der Waals surface area contributed by atoms with Gasteiger partial charge in [0.05, 0.1) is 16.7 Å². The van der Waals surface area contributed by atoms with E-state index in [9.17, 15) is 9.59 Å². The van der Waals surface area contributed by atoms with Crippen LogP contribution in [0.1, 0.15) is 17.8 Å². The van der Waals surface area contributed by atoms with Crippen LogP contribution >= 0.6 is 11.3 Å². The molecule has 2 N–H and O–H groups in total. The molecular formula is C17H19N5O2S. The minimum atomic E-state index is -0.256. The van der Waals surface area contributed by atoms with Gasteiger partial charge in [-0.15, -0.1) is 11.3 Å². The lowest BCUT2D eigenvalue weighted by molar-refractivity contribution is -0.116. The predicted octanol–water partition coefficient (Wildman–Crippen LogP) is 2.01. The number of nitrogens with one attached hydrogen (secondary N) is 2. The number of hydrogen-bond acceptors (Lipinski definition) is 6. The van der Waals surface area contributed by atoms with Crippen LogP contribution in [0.15, 0.2) is 34.4 Å². The second-order valence-corrected chi connectivity index (χ2v) is 6.82. The van der Waals surface area contributed by atoms with Crippen LogP contribution in [-0.4, -0.2) is 39.9 Å². The molecule has 7 nitrogen and oxygen atoms in total. The average Bonchev–Trinajstić information content (AvgIpc) is 2.99. The van der Waals surface area contributed by atoms with E-state index in [1.54, 1.807) is 6.07 Å². The summed E-state index contributed by atoms with van der Waals surface area (Å²) in [5.41, 5.74) is 2.43. The molecular weight excluding hydrogens is 338 g/mol. The summed E-state index contributed by atoms with van der Waals surface area (Å²) in [6.07, 6.45) is 0.457. The second-order valence-electron chi connectivity index (χ2n) is 5.96. The molecule has 0 atom stereocenters. The van der Waals surface area contributed by atoms with Crippen LogP contribution in [0.2, 0.25) is 0 Å². The van der Waals surface area contributed by atoms with Gasteiger partial charge in [-0.05, 0) is 26.2 Å². The number of H-pyrrole nitrogens is 1. The zero-order chi connectivity index (χ0) is 17.8. The summed E-state index contributed by atoms with van der Waals surface area (Å²) in [5, 5.41) is 5.27. The third-order valence-electron chi connectivity index (χ3n) is 3.53. The van der Waals surface area contributed by atoms with Crippen molar-refractivity contribution in [2.24, 2.45) is 0 Å². The van der Waals surface area contributed by atoms with Crippen LogP contribution in [0.4, 0.5) is 5.13 Å². The molecule has 8 heteroatoms. The van der Waals surface area contributed by atoms with E-state index in [0.717, 1.165) is 12.2 Å². The van der Waals surface area contributed by atoms with Gasteiger partial charge in [0.2, 0.25) is 5.91 Å². The van der Waals surface area contributed by atoms with Crippen molar-refractivity contribution in [1.29, 1.82) is 0 Å². The van der Waals surface area contributed by atoms with E-state index in [0.29, 0.717) is 21.9 Å². The molecule has 2 aromatic heterocycles. The maximum atomic E-state index is 12.1. The number of carbonyl (C=O) groups excluding carboxylic acids is 1. The number of nitrogens with zero attached hydrogens (tertiary/aromatic N) is 3. The van der Waals surface area contributed by atoms with Gasteiger partial charge in [0, 0.05) is 24.8 Å². The molecule has 3 rings (SSSR count). The normalized spacial score (nSPS) is 11.2. The lowest BCUT2D eigenvalue weighted by atomic mass is 10.2. The Bertz CT molecular complexity index is 947. The van der Waals surface area contributed by atoms with Crippen LogP contribution in [0.3, 0.4) is 0 Å². The van der Waals surface area contributed by atoms with Crippen molar-refractivity contribution in [3.05, 3.63) is 51.4 Å². The zero-order valence-electron chi connectivity index (χ0n) is 14.1. The zero-order valence-corrected chi connectivity index (χ0v) is 14.9. The smallest absolute Gasteiger partial charge is 0.270 e. The molecule has 1 amide bonds. The van der Waals surface area contributed by atoms with Gasteiger partial charge in [-0.3, -0.25) is 9.59 Å². The van der Waals surface area contributed by atoms with Gasteiger partial charge in [-0.2, -0.15) is 0 Å². The highest BCUT2D eigenvalue weighted by Gasteiger charge is 2.10. The molecule has 2 heterocycles. The molecule has 0 aliphatic carbocycles. The Balaban J connectivity index is 1.61. The summed E-state index contributed by atoms with van der Waals surface area (Å²) < 4.78 is 0. The minimum Gasteiger partial charge on any atom is -0.319 e. The van der Waals surface area contributed by atoms with E-state index >= 15 is 0 Å². The van der Waals surface area contributed by atoms with Crippen molar-refractivity contribution in [3.63, 3.8) is 0 Å². The molecule has 0 aliphatic rings. The first-order chi connectivity index (χ1) is 12.0. The molecule has 0 aliphatic heterocycles. The van der Waals surface area contributed by atoms with Crippen LogP contribution in [0.5, 0.6) is 0 Å². The van der Waals surface area contributed by atoms with Crippen molar-refractivity contribution in [2.45, 2.75) is 19.4 Å². The van der Waals surface area contributed by atoms with Crippen LogP contribution in [0.25, 0.3) is 11.0 Å². The molecule has 0 bridgehead atoms. The Labute approximate surface area is 148 Å². The van der Waals surface area contributed by atoms with Crippen molar-refractivity contribution >= 4 is 33.4 Å². The van der Waals surface area contributed by atoms with Gasteiger partial charge in [0.25, 0.3) is 5.56 Å². The summed E-state index contributed by atoms with van der Waals surface area (Å²) in [5.74, 6) is -0.180. The molecule has 0 saturated carbocycles. The number of aromatic nitrogens is 3. The monoisotopic (exact) mass is 357 g/mol. The summed E-state index contributed by atoms with van der Waals surface area (Å²) in [4.78, 5) is 37.7. The van der Waals surface area contributed by atoms with E-state index in [1.807, 2.05) is 42.6 Å². The fourth-order valence-electron chi connectivity index (χ4n) is 2.41. The highest BCUT2D eigenvalue weighted by Crippen LogP contribution is 2.16. The third kappa shape index (κ3) is 4.49. The first-order valence-corrected chi connectivity index (χ1v) is 8.76. The second kappa shape index (κ2) is 7.54. The van der Waals surface area contributed by atoms with Gasteiger partial charge in [-0.25, -0.2) is 9.97 Å². The summed E-state index contributed by atoms with van der Waals surface area (Å²) >= 11 is 1.39. The number of thiazole rings is 1. The van der Waals surface area contributed by atoms with Gasteiger partial charge in [0.1, 0.15) is 5.69 Å². The van der Waals surface area contributed by atoms with E-state index < -0.39 is 0 Å². The maximum absolute atomic E-state index is 12.1. The number of aromatic amines is 1.